The first-order valence-electron chi connectivity index (χ1n) is 11.8. The summed E-state index contributed by atoms with van der Waals surface area (Å²) in [4.78, 5) is 11.7. The Morgan fingerprint density at radius 3 is 1.69 bits per heavy atom. The third-order valence-corrected chi connectivity index (χ3v) is 13.9. The average Bonchev–Trinajstić information content (AvgIpc) is 3.44. The number of nitrogen functional groups attached to an aromatic ring is 1. The van der Waals surface area contributed by atoms with Crippen LogP contribution in [0.25, 0.3) is 22.1 Å². The normalized spacial score (nSPS) is 14.3. The van der Waals surface area contributed by atoms with Gasteiger partial charge in [0, 0.05) is 44.1 Å². The van der Waals surface area contributed by atoms with E-state index in [0.717, 1.165) is 94.8 Å². The summed E-state index contributed by atoms with van der Waals surface area (Å²) in [5.41, 5.74) is 13.0. The monoisotopic (exact) mass is 870 g/mol. The Labute approximate surface area is 260 Å². The van der Waals surface area contributed by atoms with Crippen molar-refractivity contribution in [2.24, 2.45) is 0 Å². The van der Waals surface area contributed by atoms with Crippen molar-refractivity contribution in [1.29, 1.82) is 0 Å². The molecule has 6 nitrogen and oxygen atoms in total. The summed E-state index contributed by atoms with van der Waals surface area (Å²) in [5.74, 6) is 1.69. The predicted molar refractivity (Wildman–Crippen MR) is 170 cm³/mol. The van der Waals surface area contributed by atoms with E-state index in [0.29, 0.717) is 5.95 Å². The molecule has 0 spiro atoms. The fourth-order valence-corrected chi connectivity index (χ4v) is 8.68. The third kappa shape index (κ3) is 4.33. The van der Waals surface area contributed by atoms with Crippen LogP contribution in [-0.2, 0) is 25.9 Å². The first-order chi connectivity index (χ1) is 17.2. The number of hydrogen-bond acceptors (Lipinski definition) is 4. The average molecular weight is 876 g/mol. The molecule has 2 aromatic carbocycles. The second kappa shape index (κ2) is 10.8. The minimum Gasteiger partial charge on any atom is -0.369 e. The molecule has 4 heterocycles. The molecule has 2 aromatic heterocycles. The predicted octanol–water partition coefficient (Wildman–Crippen LogP) is 8.97. The van der Waals surface area contributed by atoms with Crippen LogP contribution < -0.4 is 10.6 Å². The van der Waals surface area contributed by atoms with Gasteiger partial charge in [-0.1, -0.05) is 0 Å². The highest BCUT2D eigenvalue weighted by Crippen LogP contribution is 2.45. The van der Waals surface area contributed by atoms with Gasteiger partial charge < -0.3 is 19.8 Å². The van der Waals surface area contributed by atoms with Crippen molar-refractivity contribution in [1.82, 2.24) is 19.1 Å². The SMILES string of the molecule is CCN(CC)c1nc2c(Br)c(Br)c(Br)c3c2n1CCC3.Nc1nc2c(Br)c(Br)c(Br)c3c2n1CCC3. The van der Waals surface area contributed by atoms with Crippen LogP contribution in [0.3, 0.4) is 0 Å². The molecule has 0 atom stereocenters. The first-order valence-corrected chi connectivity index (χ1v) is 16.6. The summed E-state index contributed by atoms with van der Waals surface area (Å²) < 4.78 is 10.8. The van der Waals surface area contributed by atoms with E-state index in [1.807, 2.05) is 0 Å². The number of aromatic nitrogens is 4. The van der Waals surface area contributed by atoms with E-state index >= 15 is 0 Å². The van der Waals surface area contributed by atoms with Gasteiger partial charge in [-0.2, -0.15) is 0 Å². The molecule has 0 amide bonds. The van der Waals surface area contributed by atoms with E-state index in [4.69, 9.17) is 10.7 Å². The number of imidazole rings is 2. The smallest absolute Gasteiger partial charge is 0.206 e. The summed E-state index contributed by atoms with van der Waals surface area (Å²) in [7, 11) is 0. The van der Waals surface area contributed by atoms with Crippen LogP contribution in [0.5, 0.6) is 0 Å². The van der Waals surface area contributed by atoms with Gasteiger partial charge in [-0.15, -0.1) is 0 Å². The van der Waals surface area contributed by atoms with Gasteiger partial charge in [-0.3, -0.25) is 0 Å². The molecule has 0 saturated carbocycles. The first kappa shape index (κ1) is 27.4. The quantitative estimate of drug-likeness (QED) is 0.209. The molecule has 0 fully saturated rings. The van der Waals surface area contributed by atoms with Gasteiger partial charge in [0.25, 0.3) is 0 Å². The van der Waals surface area contributed by atoms with Gasteiger partial charge in [0.2, 0.25) is 11.9 Å². The molecule has 36 heavy (non-hydrogen) atoms. The number of nitrogens with zero attached hydrogens (tertiary/aromatic N) is 5. The van der Waals surface area contributed by atoms with Crippen molar-refractivity contribution in [3.63, 3.8) is 0 Å². The fourth-order valence-electron chi connectivity index (χ4n) is 5.17. The van der Waals surface area contributed by atoms with Crippen molar-refractivity contribution in [3.05, 3.63) is 38.0 Å². The Morgan fingerprint density at radius 1 is 0.694 bits per heavy atom. The molecular formula is C24H24Br6N6. The lowest BCUT2D eigenvalue weighted by Crippen LogP contribution is -2.26. The van der Waals surface area contributed by atoms with Crippen molar-refractivity contribution in [2.45, 2.75) is 52.6 Å². The summed E-state index contributed by atoms with van der Waals surface area (Å²) in [5, 5.41) is 0. The van der Waals surface area contributed by atoms with E-state index in [1.54, 1.807) is 0 Å². The summed E-state index contributed by atoms with van der Waals surface area (Å²) in [6.07, 6.45) is 4.44. The lowest BCUT2D eigenvalue weighted by atomic mass is 10.0. The highest BCUT2D eigenvalue weighted by Gasteiger charge is 2.26. The van der Waals surface area contributed by atoms with E-state index < -0.39 is 0 Å². The van der Waals surface area contributed by atoms with Crippen LogP contribution >= 0.6 is 95.6 Å². The highest BCUT2D eigenvalue weighted by molar-refractivity contribution is 9.15. The Kier molecular flexibility index (Phi) is 8.22. The molecule has 0 saturated heterocycles. The Hall–Kier alpha value is -0.140. The highest BCUT2D eigenvalue weighted by atomic mass is 79.9. The molecule has 12 heteroatoms. The summed E-state index contributed by atoms with van der Waals surface area (Å²) >= 11 is 21.8. The number of nitrogens with two attached hydrogens (primary N) is 1. The van der Waals surface area contributed by atoms with E-state index in [-0.39, 0.29) is 0 Å². The molecule has 4 aromatic rings. The van der Waals surface area contributed by atoms with Gasteiger partial charge in [0.05, 0.1) is 20.0 Å². The molecule has 0 bridgehead atoms. The number of rotatable bonds is 3. The van der Waals surface area contributed by atoms with Crippen molar-refractivity contribution >= 4 is 130 Å². The van der Waals surface area contributed by atoms with Crippen LogP contribution in [0.15, 0.2) is 26.8 Å². The summed E-state index contributed by atoms with van der Waals surface area (Å²) in [6, 6.07) is 0. The Morgan fingerprint density at radius 2 is 1.17 bits per heavy atom. The van der Waals surface area contributed by atoms with Crippen LogP contribution in [0.2, 0.25) is 0 Å². The second-order valence-electron chi connectivity index (χ2n) is 8.80. The van der Waals surface area contributed by atoms with Gasteiger partial charge in [0.1, 0.15) is 11.0 Å². The Bertz CT molecular complexity index is 1500. The zero-order valence-electron chi connectivity index (χ0n) is 19.7. The molecule has 2 N–H and O–H groups in total. The lowest BCUT2D eigenvalue weighted by Gasteiger charge is -2.24. The minimum atomic E-state index is 0.599. The number of benzene rings is 2. The van der Waals surface area contributed by atoms with Crippen molar-refractivity contribution in [3.8, 4) is 0 Å². The molecule has 0 radical (unpaired) electrons. The number of hydrogen-bond donors (Lipinski definition) is 1. The topological polar surface area (TPSA) is 64.9 Å². The number of anilines is 2. The van der Waals surface area contributed by atoms with Crippen molar-refractivity contribution in [2.75, 3.05) is 23.7 Å². The largest absolute Gasteiger partial charge is 0.369 e. The van der Waals surface area contributed by atoms with Crippen LogP contribution in [0.4, 0.5) is 11.9 Å². The van der Waals surface area contributed by atoms with Crippen LogP contribution in [0.1, 0.15) is 37.8 Å². The van der Waals surface area contributed by atoms with E-state index in [1.165, 1.54) is 23.1 Å². The summed E-state index contributed by atoms with van der Waals surface area (Å²) in [6.45, 7) is 8.33. The zero-order chi connectivity index (χ0) is 25.9. The Balaban J connectivity index is 0.000000152. The maximum absolute atomic E-state index is 5.94. The minimum absolute atomic E-state index is 0.599. The van der Waals surface area contributed by atoms with Gasteiger partial charge >= 0.3 is 0 Å². The molecule has 0 aliphatic carbocycles. The zero-order valence-corrected chi connectivity index (χ0v) is 29.3. The third-order valence-electron chi connectivity index (χ3n) is 6.90. The molecular weight excluding hydrogens is 852 g/mol. The molecule has 2 aliphatic rings. The fraction of sp³-hybridized carbons (Fsp3) is 0.417. The van der Waals surface area contributed by atoms with Crippen LogP contribution in [-0.4, -0.2) is 32.2 Å². The second-order valence-corrected chi connectivity index (χ2v) is 13.6. The molecule has 6 rings (SSSR count). The number of halogens is 6. The molecule has 0 unspecified atom stereocenters. The van der Waals surface area contributed by atoms with E-state index in [2.05, 4.69) is 128 Å². The van der Waals surface area contributed by atoms with E-state index in [9.17, 15) is 0 Å². The van der Waals surface area contributed by atoms with Gasteiger partial charge in [-0.25, -0.2) is 9.97 Å². The van der Waals surface area contributed by atoms with Crippen molar-refractivity contribution < 1.29 is 0 Å². The van der Waals surface area contributed by atoms with Gasteiger partial charge in [-0.05, 0) is 146 Å². The lowest BCUT2D eigenvalue weighted by molar-refractivity contribution is 0.618. The number of aryl methyl sites for hydroxylation is 4. The van der Waals surface area contributed by atoms with Gasteiger partial charge in [0.15, 0.2) is 0 Å². The molecule has 2 aliphatic heterocycles. The molecule has 192 valence electrons. The maximum Gasteiger partial charge on any atom is 0.206 e. The maximum atomic E-state index is 5.94. The standard InChI is InChI=1S/C14H16Br3N3.C10H8Br3N3/c1-3-19(4-2)14-18-12-11(17)10(16)9(15)8-6-5-7-20(14)13(8)12;11-5-4-2-1-3-16-9(4)8(15-10(16)14)7(13)6(5)12/h3-7H2,1-2H3;1-3H2,(H2,14,15). The van der Waals surface area contributed by atoms with Crippen LogP contribution in [0, 0.1) is 0 Å².